The van der Waals surface area contributed by atoms with Crippen LogP contribution in [0.5, 0.6) is 5.75 Å². The van der Waals surface area contributed by atoms with E-state index >= 15 is 0 Å². The Labute approximate surface area is 200 Å². The van der Waals surface area contributed by atoms with Crippen molar-refractivity contribution in [3.05, 3.63) is 72.7 Å². The van der Waals surface area contributed by atoms with Gasteiger partial charge in [0, 0.05) is 28.1 Å². The summed E-state index contributed by atoms with van der Waals surface area (Å²) in [6, 6.07) is 9.67. The molecule has 1 atom stereocenters. The maximum absolute atomic E-state index is 13.3. The number of nitro benzene ring substituents is 1. The number of aromatic nitrogens is 2. The van der Waals surface area contributed by atoms with E-state index < -0.39 is 4.92 Å². The second-order valence-corrected chi connectivity index (χ2v) is 10.0. The van der Waals surface area contributed by atoms with Crippen molar-refractivity contribution in [2.45, 2.75) is 47.0 Å². The average molecular weight is 515 g/mol. The molecule has 0 amide bonds. The second kappa shape index (κ2) is 9.82. The summed E-state index contributed by atoms with van der Waals surface area (Å²) in [5.74, 6) is 0.953. The smallest absolute Gasteiger partial charge is 0.282 e. The van der Waals surface area contributed by atoms with Crippen LogP contribution in [0.15, 0.2) is 50.8 Å². The molecule has 0 aliphatic rings. The normalized spacial score (nSPS) is 12.9. The van der Waals surface area contributed by atoms with Crippen molar-refractivity contribution in [3.8, 4) is 5.75 Å². The number of hydrogen-bond donors (Lipinski definition) is 0. The highest BCUT2D eigenvalue weighted by atomic mass is 79.9. The molecule has 0 spiro atoms. The van der Waals surface area contributed by atoms with Crippen molar-refractivity contribution in [2.24, 2.45) is 10.5 Å². The van der Waals surface area contributed by atoms with Crippen molar-refractivity contribution in [3.63, 3.8) is 0 Å². The third kappa shape index (κ3) is 5.84. The summed E-state index contributed by atoms with van der Waals surface area (Å²) >= 11 is 3.40. The molecule has 33 heavy (non-hydrogen) atoms. The molecular formula is C24H27BrN4O4. The Balaban J connectivity index is 2.16. The monoisotopic (exact) mass is 514 g/mol. The minimum Gasteiger partial charge on any atom is -0.492 e. The van der Waals surface area contributed by atoms with Crippen molar-refractivity contribution < 1.29 is 9.66 Å². The van der Waals surface area contributed by atoms with E-state index in [0.29, 0.717) is 34.6 Å². The number of fused-ring (bicyclic) bond motifs is 1. The molecule has 0 saturated carbocycles. The molecule has 0 aliphatic heterocycles. The zero-order chi connectivity index (χ0) is 24.3. The van der Waals surface area contributed by atoms with Gasteiger partial charge in [0.2, 0.25) is 0 Å². The van der Waals surface area contributed by atoms with Crippen LogP contribution >= 0.6 is 15.9 Å². The molecule has 3 rings (SSSR count). The molecule has 0 unspecified atom stereocenters. The molecular weight excluding hydrogens is 488 g/mol. The highest BCUT2D eigenvalue weighted by Crippen LogP contribution is 2.26. The average Bonchev–Trinajstić information content (AvgIpc) is 2.76. The molecule has 1 heterocycles. The SMILES string of the molecule is CC[C@H](C)c1nc2ccc(Br)cc2c(=O)n1N=Cc1cc([N+](=O)[O-])ccc1OCC(C)(C)C. The number of halogens is 1. The van der Waals surface area contributed by atoms with Gasteiger partial charge in [-0.1, -0.05) is 50.5 Å². The molecule has 0 bridgehead atoms. The van der Waals surface area contributed by atoms with E-state index in [1.54, 1.807) is 18.2 Å². The van der Waals surface area contributed by atoms with Gasteiger partial charge in [-0.2, -0.15) is 9.78 Å². The number of rotatable bonds is 7. The van der Waals surface area contributed by atoms with E-state index in [4.69, 9.17) is 4.74 Å². The molecule has 3 aromatic rings. The largest absolute Gasteiger partial charge is 0.492 e. The van der Waals surface area contributed by atoms with Gasteiger partial charge in [-0.15, -0.1) is 0 Å². The fraction of sp³-hybridized carbons (Fsp3) is 0.375. The van der Waals surface area contributed by atoms with Gasteiger partial charge in [0.1, 0.15) is 11.6 Å². The molecule has 0 aliphatic carbocycles. The summed E-state index contributed by atoms with van der Waals surface area (Å²) < 4.78 is 7.95. The van der Waals surface area contributed by atoms with Gasteiger partial charge in [0.15, 0.2) is 0 Å². The number of hydrogen-bond acceptors (Lipinski definition) is 6. The zero-order valence-electron chi connectivity index (χ0n) is 19.3. The molecule has 0 fully saturated rings. The van der Waals surface area contributed by atoms with Crippen LogP contribution in [-0.4, -0.2) is 27.4 Å². The Morgan fingerprint density at radius 1 is 1.27 bits per heavy atom. The molecule has 174 valence electrons. The Hall–Kier alpha value is -3.07. The first-order valence-corrected chi connectivity index (χ1v) is 11.5. The van der Waals surface area contributed by atoms with Gasteiger partial charge in [0.25, 0.3) is 11.2 Å². The van der Waals surface area contributed by atoms with Crippen LogP contribution in [0.3, 0.4) is 0 Å². The first-order chi connectivity index (χ1) is 15.5. The molecule has 8 nitrogen and oxygen atoms in total. The van der Waals surface area contributed by atoms with Crippen molar-refractivity contribution in [1.82, 2.24) is 9.66 Å². The lowest BCUT2D eigenvalue weighted by Gasteiger charge is -2.19. The fourth-order valence-corrected chi connectivity index (χ4v) is 3.44. The Kier molecular flexibility index (Phi) is 7.31. The summed E-state index contributed by atoms with van der Waals surface area (Å²) in [7, 11) is 0. The van der Waals surface area contributed by atoms with E-state index in [9.17, 15) is 14.9 Å². The first kappa shape index (κ1) is 24.6. The topological polar surface area (TPSA) is 99.6 Å². The third-order valence-corrected chi connectivity index (χ3v) is 5.56. The summed E-state index contributed by atoms with van der Waals surface area (Å²) in [5, 5.41) is 16.2. The molecule has 1 aromatic heterocycles. The lowest BCUT2D eigenvalue weighted by Crippen LogP contribution is -2.24. The van der Waals surface area contributed by atoms with Crippen LogP contribution in [0.4, 0.5) is 5.69 Å². The summed E-state index contributed by atoms with van der Waals surface area (Å²) in [6.07, 6.45) is 2.19. The van der Waals surface area contributed by atoms with E-state index in [1.807, 2.05) is 40.7 Å². The first-order valence-electron chi connectivity index (χ1n) is 10.7. The minimum absolute atomic E-state index is 0.0235. The molecule has 2 aromatic carbocycles. The third-order valence-electron chi connectivity index (χ3n) is 5.06. The lowest BCUT2D eigenvalue weighted by molar-refractivity contribution is -0.384. The van der Waals surface area contributed by atoms with E-state index in [1.165, 1.54) is 23.0 Å². The highest BCUT2D eigenvalue weighted by Gasteiger charge is 2.18. The number of nitro groups is 1. The zero-order valence-corrected chi connectivity index (χ0v) is 20.9. The predicted molar refractivity (Wildman–Crippen MR) is 133 cm³/mol. The Morgan fingerprint density at radius 3 is 2.64 bits per heavy atom. The van der Waals surface area contributed by atoms with Gasteiger partial charge >= 0.3 is 0 Å². The van der Waals surface area contributed by atoms with E-state index in [2.05, 4.69) is 26.0 Å². The number of non-ortho nitro benzene ring substituents is 1. The van der Waals surface area contributed by atoms with Crippen LogP contribution < -0.4 is 10.3 Å². The molecule has 0 N–H and O–H groups in total. The van der Waals surface area contributed by atoms with E-state index in [-0.39, 0.29) is 22.6 Å². The van der Waals surface area contributed by atoms with Gasteiger partial charge in [-0.3, -0.25) is 14.9 Å². The van der Waals surface area contributed by atoms with E-state index in [0.717, 1.165) is 10.9 Å². The maximum Gasteiger partial charge on any atom is 0.282 e. The predicted octanol–water partition coefficient (Wildman–Crippen LogP) is 5.89. The second-order valence-electron chi connectivity index (χ2n) is 9.13. The standard InChI is InChI=1S/C24H27BrN4O4/c1-6-15(2)22-27-20-9-7-17(25)12-19(20)23(30)28(22)26-13-16-11-18(29(31)32)8-10-21(16)33-14-24(3,4)5/h7-13,15H,6,14H2,1-5H3/t15-/m0/s1. The Bertz CT molecular complexity index is 1280. The lowest BCUT2D eigenvalue weighted by atomic mass is 9.98. The molecule has 0 radical (unpaired) electrons. The number of benzene rings is 2. The van der Waals surface area contributed by atoms with Crippen LogP contribution in [0.25, 0.3) is 10.9 Å². The quantitative estimate of drug-likeness (QED) is 0.222. The van der Waals surface area contributed by atoms with Crippen molar-refractivity contribution >= 4 is 38.7 Å². The van der Waals surface area contributed by atoms with Crippen molar-refractivity contribution in [1.29, 1.82) is 0 Å². The van der Waals surface area contributed by atoms with Gasteiger partial charge in [-0.05, 0) is 36.1 Å². The van der Waals surface area contributed by atoms with Crippen LogP contribution in [0, 0.1) is 15.5 Å². The van der Waals surface area contributed by atoms with Crippen LogP contribution in [0.1, 0.15) is 58.3 Å². The summed E-state index contributed by atoms with van der Waals surface area (Å²) in [4.78, 5) is 28.8. The minimum atomic E-state index is -0.475. The summed E-state index contributed by atoms with van der Waals surface area (Å²) in [6.45, 7) is 10.5. The van der Waals surface area contributed by atoms with Gasteiger partial charge in [0.05, 0.1) is 28.6 Å². The van der Waals surface area contributed by atoms with Gasteiger partial charge in [-0.25, -0.2) is 4.98 Å². The molecule has 9 heteroatoms. The van der Waals surface area contributed by atoms with Gasteiger partial charge < -0.3 is 4.74 Å². The highest BCUT2D eigenvalue weighted by molar-refractivity contribution is 9.10. The maximum atomic E-state index is 13.3. The van der Waals surface area contributed by atoms with Crippen LogP contribution in [0.2, 0.25) is 0 Å². The van der Waals surface area contributed by atoms with Crippen molar-refractivity contribution in [2.75, 3.05) is 6.61 Å². The number of nitrogens with zero attached hydrogens (tertiary/aromatic N) is 4. The number of ether oxygens (including phenoxy) is 1. The summed E-state index contributed by atoms with van der Waals surface area (Å²) in [5.41, 5.74) is 0.497. The molecule has 0 saturated heterocycles. The Morgan fingerprint density at radius 2 is 2.00 bits per heavy atom. The fourth-order valence-electron chi connectivity index (χ4n) is 3.08. The van der Waals surface area contributed by atoms with Crippen LogP contribution in [-0.2, 0) is 0 Å².